The van der Waals surface area contributed by atoms with Gasteiger partial charge in [0.1, 0.15) is 12.1 Å². The Morgan fingerprint density at radius 2 is 1.86 bits per heavy atom. The highest BCUT2D eigenvalue weighted by Crippen LogP contribution is 2.26. The summed E-state index contributed by atoms with van der Waals surface area (Å²) in [6, 6.07) is 6.45. The minimum atomic E-state index is -0.0392. The van der Waals surface area contributed by atoms with Gasteiger partial charge < -0.3 is 9.64 Å². The largest absolute Gasteiger partial charge is 0.461 e. The third kappa shape index (κ3) is 2.77. The average Bonchev–Trinajstić information content (AvgIpc) is 2.81. The molecule has 0 amide bonds. The number of carbonyl (C=O) groups excluding carboxylic acids is 1. The molecule has 2 unspecified atom stereocenters. The highest BCUT2D eigenvalue weighted by atomic mass is 16.6. The molecule has 0 aliphatic carbocycles. The summed E-state index contributed by atoms with van der Waals surface area (Å²) in [7, 11) is 0. The van der Waals surface area contributed by atoms with Crippen molar-refractivity contribution in [2.24, 2.45) is 0 Å². The zero-order valence-electron chi connectivity index (χ0n) is 13.1. The monoisotopic (exact) mass is 288 g/mol. The van der Waals surface area contributed by atoms with Gasteiger partial charge >= 0.3 is 5.97 Å². The Bertz CT molecular complexity index is 536. The first-order valence-electron chi connectivity index (χ1n) is 7.82. The van der Waals surface area contributed by atoms with Crippen molar-refractivity contribution in [1.29, 1.82) is 0 Å². The van der Waals surface area contributed by atoms with E-state index in [1.165, 1.54) is 16.8 Å². The van der Waals surface area contributed by atoms with E-state index in [1.54, 1.807) is 0 Å². The number of hydrogen-bond donors (Lipinski definition) is 0. The lowest BCUT2D eigenvalue weighted by Gasteiger charge is -2.38. The number of ether oxygens (including phenoxy) is 1. The van der Waals surface area contributed by atoms with Gasteiger partial charge in [-0.2, -0.15) is 0 Å². The molecular weight excluding hydrogens is 264 g/mol. The number of nitrogens with zero attached hydrogens (tertiary/aromatic N) is 2. The molecule has 2 atom stereocenters. The van der Waals surface area contributed by atoms with Crippen LogP contribution >= 0.6 is 0 Å². The molecule has 0 bridgehead atoms. The molecule has 0 saturated carbocycles. The van der Waals surface area contributed by atoms with Crippen molar-refractivity contribution in [3.05, 3.63) is 29.3 Å². The highest BCUT2D eigenvalue weighted by Gasteiger charge is 2.37. The number of benzene rings is 1. The summed E-state index contributed by atoms with van der Waals surface area (Å²) in [6.07, 6.45) is 0.905. The molecule has 2 aliphatic rings. The minimum absolute atomic E-state index is 0.0271. The lowest BCUT2D eigenvalue weighted by atomic mass is 10.1. The first-order chi connectivity index (χ1) is 10.1. The predicted octanol–water partition coefficient (Wildman–Crippen LogP) is 2.13. The first kappa shape index (κ1) is 14.4. The highest BCUT2D eigenvalue weighted by molar-refractivity contribution is 5.78. The molecule has 114 valence electrons. The van der Waals surface area contributed by atoms with Gasteiger partial charge in [-0.3, -0.25) is 9.69 Å². The quantitative estimate of drug-likeness (QED) is 0.781. The maximum Gasteiger partial charge on any atom is 0.323 e. The van der Waals surface area contributed by atoms with E-state index < -0.39 is 0 Å². The fourth-order valence-electron chi connectivity index (χ4n) is 3.39. The van der Waals surface area contributed by atoms with E-state index in [-0.39, 0.29) is 18.1 Å². The van der Waals surface area contributed by atoms with Crippen LogP contribution in [-0.4, -0.2) is 49.2 Å². The van der Waals surface area contributed by atoms with E-state index in [9.17, 15) is 4.79 Å². The summed E-state index contributed by atoms with van der Waals surface area (Å²) >= 11 is 0. The van der Waals surface area contributed by atoms with Crippen LogP contribution in [0.3, 0.4) is 0 Å². The van der Waals surface area contributed by atoms with Crippen LogP contribution in [-0.2, 0) is 9.53 Å². The molecule has 1 aromatic carbocycles. The van der Waals surface area contributed by atoms with Crippen molar-refractivity contribution >= 4 is 11.7 Å². The number of piperazine rings is 1. The fourth-order valence-corrected chi connectivity index (χ4v) is 3.39. The summed E-state index contributed by atoms with van der Waals surface area (Å²) < 4.78 is 5.28. The molecular formula is C17H24N2O2. The standard InChI is InChI=1S/C17H24N2O2/c1-12-5-4-6-15(14(12)3)18-7-9-19(10-8-18)16-11-13(2)21-17(16)20/h4-6,13,16H,7-11H2,1-3H3. The number of anilines is 1. The zero-order chi connectivity index (χ0) is 15.0. The van der Waals surface area contributed by atoms with Gasteiger partial charge in [0.2, 0.25) is 0 Å². The van der Waals surface area contributed by atoms with Crippen molar-refractivity contribution in [2.75, 3.05) is 31.1 Å². The Labute approximate surface area is 126 Å². The lowest BCUT2D eigenvalue weighted by molar-refractivity contribution is -0.144. The number of rotatable bonds is 2. The summed E-state index contributed by atoms with van der Waals surface area (Å²) in [5, 5.41) is 0. The Hall–Kier alpha value is -1.55. The molecule has 0 radical (unpaired) electrons. The second-order valence-corrected chi connectivity index (χ2v) is 6.24. The maximum absolute atomic E-state index is 11.9. The first-order valence-corrected chi connectivity index (χ1v) is 7.82. The summed E-state index contributed by atoms with van der Waals surface area (Å²) in [4.78, 5) is 16.6. The molecule has 0 spiro atoms. The van der Waals surface area contributed by atoms with E-state index in [1.807, 2.05) is 6.92 Å². The average molecular weight is 288 g/mol. The SMILES string of the molecule is Cc1cccc(N2CCN(C3CC(C)OC3=O)CC2)c1C. The van der Waals surface area contributed by atoms with Gasteiger partial charge in [0, 0.05) is 38.3 Å². The molecule has 21 heavy (non-hydrogen) atoms. The molecule has 2 saturated heterocycles. The molecule has 4 nitrogen and oxygen atoms in total. The van der Waals surface area contributed by atoms with Crippen LogP contribution in [0.15, 0.2) is 18.2 Å². The van der Waals surface area contributed by atoms with E-state index in [0.717, 1.165) is 32.6 Å². The van der Waals surface area contributed by atoms with Crippen molar-refractivity contribution in [3.8, 4) is 0 Å². The topological polar surface area (TPSA) is 32.8 Å². The van der Waals surface area contributed by atoms with Crippen LogP contribution in [0.2, 0.25) is 0 Å². The van der Waals surface area contributed by atoms with Gasteiger partial charge in [-0.15, -0.1) is 0 Å². The molecule has 0 aromatic heterocycles. The van der Waals surface area contributed by atoms with Crippen molar-refractivity contribution in [3.63, 3.8) is 0 Å². The fraction of sp³-hybridized carbons (Fsp3) is 0.588. The molecule has 2 heterocycles. The van der Waals surface area contributed by atoms with E-state index in [0.29, 0.717) is 0 Å². The van der Waals surface area contributed by atoms with Crippen LogP contribution < -0.4 is 4.90 Å². The molecule has 2 aliphatic heterocycles. The van der Waals surface area contributed by atoms with Crippen LogP contribution in [0.4, 0.5) is 5.69 Å². The minimum Gasteiger partial charge on any atom is -0.461 e. The number of carbonyl (C=O) groups is 1. The Kier molecular flexibility index (Phi) is 3.89. The zero-order valence-corrected chi connectivity index (χ0v) is 13.1. The van der Waals surface area contributed by atoms with Gasteiger partial charge in [-0.1, -0.05) is 12.1 Å². The van der Waals surface area contributed by atoms with Crippen LogP contribution in [0.1, 0.15) is 24.5 Å². The second kappa shape index (κ2) is 5.68. The normalized spacial score (nSPS) is 27.0. The third-order valence-corrected chi connectivity index (χ3v) is 4.82. The number of esters is 1. The molecule has 0 N–H and O–H groups in total. The Balaban J connectivity index is 1.65. The predicted molar refractivity (Wildman–Crippen MR) is 83.7 cm³/mol. The summed E-state index contributed by atoms with van der Waals surface area (Å²) in [5.74, 6) is -0.0392. The van der Waals surface area contributed by atoms with E-state index >= 15 is 0 Å². The smallest absolute Gasteiger partial charge is 0.323 e. The van der Waals surface area contributed by atoms with Crippen LogP contribution in [0.25, 0.3) is 0 Å². The second-order valence-electron chi connectivity index (χ2n) is 6.24. The summed E-state index contributed by atoms with van der Waals surface area (Å²) in [5.41, 5.74) is 4.03. The van der Waals surface area contributed by atoms with Crippen molar-refractivity contribution in [2.45, 2.75) is 39.3 Å². The van der Waals surface area contributed by atoms with Gasteiger partial charge in [0.25, 0.3) is 0 Å². The van der Waals surface area contributed by atoms with Gasteiger partial charge in [0.15, 0.2) is 0 Å². The van der Waals surface area contributed by atoms with Gasteiger partial charge in [-0.25, -0.2) is 0 Å². The summed E-state index contributed by atoms with van der Waals surface area (Å²) in [6.45, 7) is 10.1. The Morgan fingerprint density at radius 1 is 1.14 bits per heavy atom. The third-order valence-electron chi connectivity index (χ3n) is 4.82. The van der Waals surface area contributed by atoms with Gasteiger partial charge in [0.05, 0.1) is 0 Å². The van der Waals surface area contributed by atoms with E-state index in [2.05, 4.69) is 41.8 Å². The van der Waals surface area contributed by atoms with E-state index in [4.69, 9.17) is 4.74 Å². The molecule has 2 fully saturated rings. The maximum atomic E-state index is 11.9. The van der Waals surface area contributed by atoms with Gasteiger partial charge in [-0.05, 0) is 38.0 Å². The number of hydrogen-bond acceptors (Lipinski definition) is 4. The van der Waals surface area contributed by atoms with Crippen LogP contribution in [0.5, 0.6) is 0 Å². The Morgan fingerprint density at radius 3 is 2.48 bits per heavy atom. The molecule has 3 rings (SSSR count). The molecule has 4 heteroatoms. The van der Waals surface area contributed by atoms with Crippen LogP contribution in [0, 0.1) is 13.8 Å². The lowest BCUT2D eigenvalue weighted by Crippen LogP contribution is -2.51. The number of cyclic esters (lactones) is 1. The molecule has 1 aromatic rings. The number of aryl methyl sites for hydroxylation is 1. The van der Waals surface area contributed by atoms with Crippen molar-refractivity contribution in [1.82, 2.24) is 4.90 Å². The van der Waals surface area contributed by atoms with Crippen molar-refractivity contribution < 1.29 is 9.53 Å².